The van der Waals surface area contributed by atoms with Crippen LogP contribution in [0.15, 0.2) is 65.0 Å². The summed E-state index contributed by atoms with van der Waals surface area (Å²) < 4.78 is 44.9. The van der Waals surface area contributed by atoms with E-state index >= 15 is 0 Å². The van der Waals surface area contributed by atoms with Crippen molar-refractivity contribution in [3.63, 3.8) is 0 Å². The molecule has 0 radical (unpaired) electrons. The average Bonchev–Trinajstić information content (AvgIpc) is 3.63. The Balaban J connectivity index is 1.18. The first-order chi connectivity index (χ1) is 20.6. The van der Waals surface area contributed by atoms with E-state index in [0.717, 1.165) is 5.56 Å². The van der Waals surface area contributed by atoms with Crippen molar-refractivity contribution >= 4 is 22.2 Å². The Morgan fingerprint density at radius 3 is 2.42 bits per heavy atom. The molecule has 1 aliphatic heterocycles. The number of fused-ring (bicyclic) bond motifs is 1. The molecule has 1 saturated heterocycles. The van der Waals surface area contributed by atoms with Crippen LogP contribution in [0, 0.1) is 17.5 Å². The number of aromatic nitrogens is 5. The minimum atomic E-state index is -0.991. The van der Waals surface area contributed by atoms with Crippen LogP contribution in [0.2, 0.25) is 0 Å². The Morgan fingerprint density at radius 1 is 1.07 bits per heavy atom. The van der Waals surface area contributed by atoms with E-state index in [0.29, 0.717) is 48.1 Å². The molecule has 4 heterocycles. The maximum absolute atomic E-state index is 14.3. The van der Waals surface area contributed by atoms with Crippen molar-refractivity contribution < 1.29 is 18.0 Å². The van der Waals surface area contributed by atoms with Crippen LogP contribution in [0.4, 0.5) is 13.2 Å². The number of hydrogen-bond acceptors (Lipinski definition) is 7. The van der Waals surface area contributed by atoms with E-state index in [1.165, 1.54) is 26.6 Å². The zero-order valence-electron chi connectivity index (χ0n) is 23.6. The number of rotatable bonds is 6. The molecule has 13 heteroatoms. The Morgan fingerprint density at radius 2 is 1.74 bits per heavy atom. The molecule has 6 rings (SSSR count). The van der Waals surface area contributed by atoms with Gasteiger partial charge in [0, 0.05) is 61.0 Å². The van der Waals surface area contributed by atoms with E-state index in [-0.39, 0.29) is 29.1 Å². The molecule has 0 bridgehead atoms. The molecule has 3 aromatic heterocycles. The van der Waals surface area contributed by atoms with Crippen molar-refractivity contribution in [2.24, 2.45) is 0 Å². The van der Waals surface area contributed by atoms with Crippen LogP contribution in [0.1, 0.15) is 48.4 Å². The number of halogens is 3. The number of carbonyl (C=O) groups is 1. The lowest BCUT2D eigenvalue weighted by molar-refractivity contribution is 0.0262. The number of benzene rings is 2. The summed E-state index contributed by atoms with van der Waals surface area (Å²) in [5.41, 5.74) is 1.43. The second-order valence-electron chi connectivity index (χ2n) is 10.8. The summed E-state index contributed by atoms with van der Waals surface area (Å²) in [5.74, 6) is -3.35. The van der Waals surface area contributed by atoms with E-state index in [1.54, 1.807) is 18.0 Å². The molecule has 2 aromatic carbocycles. The van der Waals surface area contributed by atoms with Gasteiger partial charge in [0.15, 0.2) is 4.96 Å². The monoisotopic (exact) mass is 607 g/mol. The third kappa shape index (κ3) is 5.34. The summed E-state index contributed by atoms with van der Waals surface area (Å²) in [7, 11) is 0. The van der Waals surface area contributed by atoms with Crippen molar-refractivity contribution in [2.75, 3.05) is 13.1 Å². The lowest BCUT2D eigenvalue weighted by atomic mass is 10.1. The number of hydrogen-bond donors (Lipinski definition) is 0. The summed E-state index contributed by atoms with van der Waals surface area (Å²) >= 11 is 1.34. The molecule has 9 nitrogen and oxygen atoms in total. The van der Waals surface area contributed by atoms with Gasteiger partial charge in [-0.15, -0.1) is 16.4 Å². The van der Waals surface area contributed by atoms with Crippen LogP contribution < -0.4 is 5.56 Å². The maximum Gasteiger partial charge on any atom is 0.271 e. The molecule has 3 atom stereocenters. The molecule has 0 aliphatic carbocycles. The van der Waals surface area contributed by atoms with Gasteiger partial charge < -0.3 is 4.90 Å². The van der Waals surface area contributed by atoms with Crippen LogP contribution in [0.3, 0.4) is 0 Å². The fraction of sp³-hybridized carbons (Fsp3) is 0.300. The van der Waals surface area contributed by atoms with Crippen molar-refractivity contribution in [3.05, 3.63) is 105 Å². The zero-order chi connectivity index (χ0) is 30.4. The van der Waals surface area contributed by atoms with Crippen LogP contribution in [0.25, 0.3) is 16.2 Å². The number of carbonyl (C=O) groups excluding carboxylic acids is 1. The quantitative estimate of drug-likeness (QED) is 0.276. The highest BCUT2D eigenvalue weighted by molar-refractivity contribution is 7.15. The summed E-state index contributed by atoms with van der Waals surface area (Å²) in [6, 6.07) is 9.74. The molecule has 43 heavy (non-hydrogen) atoms. The number of amides is 1. The summed E-state index contributed by atoms with van der Waals surface area (Å²) in [5, 5.41) is 10.1. The lowest BCUT2D eigenvalue weighted by Gasteiger charge is -2.44. The highest BCUT2D eigenvalue weighted by Crippen LogP contribution is 2.27. The molecule has 0 unspecified atom stereocenters. The summed E-state index contributed by atoms with van der Waals surface area (Å²) in [6.45, 7) is 6.64. The number of piperazine rings is 1. The Kier molecular flexibility index (Phi) is 7.61. The Labute approximate surface area is 248 Å². The molecule has 0 spiro atoms. The van der Waals surface area contributed by atoms with E-state index in [2.05, 4.69) is 20.2 Å². The van der Waals surface area contributed by atoms with Gasteiger partial charge in [0.05, 0.1) is 23.6 Å². The second-order valence-corrected chi connectivity index (χ2v) is 11.6. The van der Waals surface area contributed by atoms with Gasteiger partial charge >= 0.3 is 0 Å². The van der Waals surface area contributed by atoms with Crippen molar-refractivity contribution in [2.45, 2.75) is 45.4 Å². The van der Waals surface area contributed by atoms with Gasteiger partial charge in [-0.2, -0.15) is 0 Å². The van der Waals surface area contributed by atoms with Gasteiger partial charge in [0.2, 0.25) is 0 Å². The van der Waals surface area contributed by atoms with Gasteiger partial charge in [0.25, 0.3) is 11.5 Å². The Hall–Kier alpha value is -4.36. The molecule has 1 fully saturated rings. The molecule has 0 N–H and O–H groups in total. The van der Waals surface area contributed by atoms with Crippen LogP contribution in [-0.4, -0.2) is 65.3 Å². The SMILES string of the molecule is C[C@@H]1CN(C(=O)c2cnc3scc(-c4ccccc4)n3c2=O)C[C@H](C)N1Cc1cn([C@H](C)c2c(F)cc(F)cc2F)nn1. The average molecular weight is 608 g/mol. The maximum atomic E-state index is 14.3. The first-order valence-electron chi connectivity index (χ1n) is 13.8. The molecular formula is C30H28F3N7O2S. The first kappa shape index (κ1) is 28.7. The third-order valence-corrected chi connectivity index (χ3v) is 8.74. The minimum Gasteiger partial charge on any atom is -0.335 e. The van der Waals surface area contributed by atoms with Crippen LogP contribution in [0.5, 0.6) is 0 Å². The van der Waals surface area contributed by atoms with Crippen molar-refractivity contribution in [1.82, 2.24) is 34.2 Å². The van der Waals surface area contributed by atoms with Gasteiger partial charge in [-0.05, 0) is 26.3 Å². The highest BCUT2D eigenvalue weighted by atomic mass is 32.1. The van der Waals surface area contributed by atoms with Gasteiger partial charge in [-0.1, -0.05) is 35.5 Å². The van der Waals surface area contributed by atoms with Crippen molar-refractivity contribution in [1.29, 1.82) is 0 Å². The molecule has 222 valence electrons. The molecule has 5 aromatic rings. The molecule has 1 aliphatic rings. The van der Waals surface area contributed by atoms with Crippen LogP contribution >= 0.6 is 11.3 Å². The fourth-order valence-electron chi connectivity index (χ4n) is 5.70. The predicted molar refractivity (Wildman–Crippen MR) is 155 cm³/mol. The zero-order valence-corrected chi connectivity index (χ0v) is 24.4. The standard InChI is InChI=1S/C30H28F3N7O2S/c1-17-12-37(28(41)23-11-34-30-40(29(23)42)26(16-43-30)20-7-5-4-6-8-20)13-18(2)38(17)14-22-15-39(36-35-22)19(3)27-24(32)9-21(31)10-25(27)33/h4-11,15-19H,12-14H2,1-3H3/t17-,18+,19-/m1/s1. The van der Waals surface area contributed by atoms with E-state index in [1.807, 2.05) is 49.6 Å². The van der Waals surface area contributed by atoms with Gasteiger partial charge in [-0.3, -0.25) is 18.9 Å². The predicted octanol–water partition coefficient (Wildman–Crippen LogP) is 4.78. The van der Waals surface area contributed by atoms with Gasteiger partial charge in [0.1, 0.15) is 23.0 Å². The summed E-state index contributed by atoms with van der Waals surface area (Å²) in [4.78, 5) is 35.9. The highest BCUT2D eigenvalue weighted by Gasteiger charge is 2.34. The van der Waals surface area contributed by atoms with E-state index in [9.17, 15) is 22.8 Å². The fourth-order valence-corrected chi connectivity index (χ4v) is 6.56. The van der Waals surface area contributed by atoms with Crippen molar-refractivity contribution in [3.8, 4) is 11.3 Å². The minimum absolute atomic E-state index is 0.0121. The molecule has 1 amide bonds. The topological polar surface area (TPSA) is 88.6 Å². The first-order valence-corrected chi connectivity index (χ1v) is 14.6. The smallest absolute Gasteiger partial charge is 0.271 e. The van der Waals surface area contributed by atoms with Gasteiger partial charge in [-0.25, -0.2) is 22.8 Å². The number of thiazole rings is 1. The largest absolute Gasteiger partial charge is 0.335 e. The molecular weight excluding hydrogens is 579 g/mol. The third-order valence-electron chi connectivity index (χ3n) is 7.90. The van der Waals surface area contributed by atoms with E-state index < -0.39 is 29.1 Å². The molecule has 0 saturated carbocycles. The van der Waals surface area contributed by atoms with E-state index in [4.69, 9.17) is 0 Å². The normalized spacial score (nSPS) is 18.3. The number of nitrogens with zero attached hydrogens (tertiary/aromatic N) is 7. The Bertz CT molecular complexity index is 1840. The van der Waals surface area contributed by atoms with Crippen LogP contribution in [-0.2, 0) is 6.54 Å². The summed E-state index contributed by atoms with van der Waals surface area (Å²) in [6.07, 6.45) is 2.97. The second kappa shape index (κ2) is 11.4. The lowest BCUT2D eigenvalue weighted by Crippen LogP contribution is -2.58.